The van der Waals surface area contributed by atoms with Crippen LogP contribution in [-0.2, 0) is 4.79 Å². The van der Waals surface area contributed by atoms with E-state index in [1.807, 2.05) is 30.3 Å². The Balaban J connectivity index is 1.62. The normalized spacial score (nSPS) is 10.5. The van der Waals surface area contributed by atoms with Gasteiger partial charge in [-0.05, 0) is 36.4 Å². The van der Waals surface area contributed by atoms with Crippen molar-refractivity contribution >= 4 is 34.9 Å². The van der Waals surface area contributed by atoms with Crippen LogP contribution < -0.4 is 10.6 Å². The lowest BCUT2D eigenvalue weighted by Gasteiger charge is -2.06. The lowest BCUT2D eigenvalue weighted by molar-refractivity contribution is -0.385. The zero-order valence-electron chi connectivity index (χ0n) is 14.2. The second-order valence-electron chi connectivity index (χ2n) is 5.56. The standard InChI is InChI=1S/C20H16N4O3/c25-20(13-10-15-6-4-5-9-18(15)24(26)27)23-17-11-12-19(21-14-17)22-16-7-2-1-3-8-16/h1-14H,(H,21,22)(H,23,25)/b13-10+. The number of pyridine rings is 1. The third-order valence-corrected chi connectivity index (χ3v) is 3.62. The monoisotopic (exact) mass is 360 g/mol. The zero-order chi connectivity index (χ0) is 19.1. The molecule has 0 bridgehead atoms. The number of amides is 1. The quantitative estimate of drug-likeness (QED) is 0.386. The predicted molar refractivity (Wildman–Crippen MR) is 105 cm³/mol. The van der Waals surface area contributed by atoms with Crippen LogP contribution in [0.2, 0.25) is 0 Å². The van der Waals surface area contributed by atoms with Gasteiger partial charge in [0.15, 0.2) is 0 Å². The van der Waals surface area contributed by atoms with E-state index in [2.05, 4.69) is 15.6 Å². The number of nitro groups is 1. The molecule has 0 saturated heterocycles. The summed E-state index contributed by atoms with van der Waals surface area (Å²) in [5.74, 6) is 0.244. The molecular formula is C20H16N4O3. The average molecular weight is 360 g/mol. The van der Waals surface area contributed by atoms with Crippen LogP contribution in [0.1, 0.15) is 5.56 Å². The van der Waals surface area contributed by atoms with Crippen LogP contribution in [0.3, 0.4) is 0 Å². The summed E-state index contributed by atoms with van der Waals surface area (Å²) in [4.78, 5) is 26.8. The number of nitrogens with one attached hydrogen (secondary N) is 2. The number of aromatic nitrogens is 1. The Morgan fingerprint density at radius 3 is 2.41 bits per heavy atom. The van der Waals surface area contributed by atoms with E-state index >= 15 is 0 Å². The molecule has 27 heavy (non-hydrogen) atoms. The molecule has 134 valence electrons. The van der Waals surface area contributed by atoms with E-state index in [1.54, 1.807) is 30.3 Å². The van der Waals surface area contributed by atoms with Crippen molar-refractivity contribution in [2.45, 2.75) is 0 Å². The highest BCUT2D eigenvalue weighted by atomic mass is 16.6. The fourth-order valence-corrected chi connectivity index (χ4v) is 2.36. The molecule has 0 fully saturated rings. The lowest BCUT2D eigenvalue weighted by atomic mass is 10.1. The number of hydrogen-bond donors (Lipinski definition) is 2. The van der Waals surface area contributed by atoms with Crippen LogP contribution in [0.5, 0.6) is 0 Å². The Kier molecular flexibility index (Phi) is 5.54. The number of carbonyl (C=O) groups excluding carboxylic acids is 1. The highest BCUT2D eigenvalue weighted by Crippen LogP contribution is 2.19. The van der Waals surface area contributed by atoms with Gasteiger partial charge in [-0.15, -0.1) is 0 Å². The molecule has 1 heterocycles. The molecule has 0 radical (unpaired) electrons. The molecule has 1 aromatic heterocycles. The summed E-state index contributed by atoms with van der Waals surface area (Å²) in [6.07, 6.45) is 4.19. The van der Waals surface area contributed by atoms with E-state index in [4.69, 9.17) is 0 Å². The molecule has 1 amide bonds. The van der Waals surface area contributed by atoms with Gasteiger partial charge in [0.05, 0.1) is 22.4 Å². The molecule has 0 aliphatic rings. The maximum atomic E-state index is 12.0. The van der Waals surface area contributed by atoms with Crippen molar-refractivity contribution in [3.05, 3.63) is 94.7 Å². The molecule has 0 atom stereocenters. The first kappa shape index (κ1) is 17.8. The molecule has 3 aromatic rings. The highest BCUT2D eigenvalue weighted by molar-refractivity contribution is 6.02. The number of benzene rings is 2. The van der Waals surface area contributed by atoms with Crippen molar-refractivity contribution in [3.8, 4) is 0 Å². The Morgan fingerprint density at radius 1 is 0.963 bits per heavy atom. The Bertz CT molecular complexity index is 970. The SMILES string of the molecule is O=C(/C=C/c1ccccc1[N+](=O)[O-])Nc1ccc(Nc2ccccc2)nc1. The van der Waals surface area contributed by atoms with Gasteiger partial charge < -0.3 is 10.6 Å². The summed E-state index contributed by atoms with van der Waals surface area (Å²) in [6.45, 7) is 0. The number of rotatable bonds is 6. The van der Waals surface area contributed by atoms with Crippen LogP contribution >= 0.6 is 0 Å². The largest absolute Gasteiger partial charge is 0.340 e. The van der Waals surface area contributed by atoms with Crippen molar-refractivity contribution in [1.82, 2.24) is 4.98 Å². The van der Waals surface area contributed by atoms with Gasteiger partial charge in [0.25, 0.3) is 5.69 Å². The first-order chi connectivity index (χ1) is 13.1. The van der Waals surface area contributed by atoms with Gasteiger partial charge in [-0.25, -0.2) is 4.98 Å². The molecular weight excluding hydrogens is 344 g/mol. The minimum absolute atomic E-state index is 0.0560. The first-order valence-corrected chi connectivity index (χ1v) is 8.12. The molecule has 2 aromatic carbocycles. The van der Waals surface area contributed by atoms with Gasteiger partial charge in [-0.1, -0.05) is 30.3 Å². The van der Waals surface area contributed by atoms with E-state index in [0.717, 1.165) is 5.69 Å². The molecule has 0 spiro atoms. The molecule has 0 aliphatic heterocycles. The Labute approximate surface area is 155 Å². The van der Waals surface area contributed by atoms with Crippen molar-refractivity contribution in [2.75, 3.05) is 10.6 Å². The topological polar surface area (TPSA) is 97.2 Å². The number of para-hydroxylation sites is 2. The smallest absolute Gasteiger partial charge is 0.276 e. The maximum absolute atomic E-state index is 12.0. The average Bonchev–Trinajstić information content (AvgIpc) is 2.69. The zero-order valence-corrected chi connectivity index (χ0v) is 14.2. The number of anilines is 3. The molecule has 0 unspecified atom stereocenters. The second-order valence-corrected chi connectivity index (χ2v) is 5.56. The maximum Gasteiger partial charge on any atom is 0.276 e. The third-order valence-electron chi connectivity index (χ3n) is 3.62. The summed E-state index contributed by atoms with van der Waals surface area (Å²) in [7, 11) is 0. The van der Waals surface area contributed by atoms with Crippen molar-refractivity contribution < 1.29 is 9.72 Å². The van der Waals surface area contributed by atoms with Crippen LogP contribution in [0.25, 0.3) is 6.08 Å². The minimum Gasteiger partial charge on any atom is -0.340 e. The fraction of sp³-hybridized carbons (Fsp3) is 0. The van der Waals surface area contributed by atoms with E-state index in [0.29, 0.717) is 17.1 Å². The van der Waals surface area contributed by atoms with E-state index < -0.39 is 10.8 Å². The lowest BCUT2D eigenvalue weighted by Crippen LogP contribution is -2.08. The summed E-state index contributed by atoms with van der Waals surface area (Å²) < 4.78 is 0. The van der Waals surface area contributed by atoms with Gasteiger partial charge in [0.1, 0.15) is 5.82 Å². The van der Waals surface area contributed by atoms with Crippen molar-refractivity contribution in [2.24, 2.45) is 0 Å². The van der Waals surface area contributed by atoms with Gasteiger partial charge >= 0.3 is 0 Å². The van der Waals surface area contributed by atoms with Crippen LogP contribution in [0, 0.1) is 10.1 Å². The highest BCUT2D eigenvalue weighted by Gasteiger charge is 2.09. The van der Waals surface area contributed by atoms with Gasteiger partial charge in [0, 0.05) is 17.8 Å². The third kappa shape index (κ3) is 4.99. The number of hydrogen-bond acceptors (Lipinski definition) is 5. The van der Waals surface area contributed by atoms with Gasteiger partial charge in [-0.3, -0.25) is 14.9 Å². The summed E-state index contributed by atoms with van der Waals surface area (Å²) in [6, 6.07) is 19.3. The molecule has 0 saturated carbocycles. The van der Waals surface area contributed by atoms with Crippen LogP contribution in [0.4, 0.5) is 22.9 Å². The van der Waals surface area contributed by atoms with E-state index in [1.165, 1.54) is 24.4 Å². The summed E-state index contributed by atoms with van der Waals surface area (Å²) in [5, 5.41) is 16.8. The molecule has 3 rings (SSSR count). The Morgan fingerprint density at radius 2 is 1.70 bits per heavy atom. The fourth-order valence-electron chi connectivity index (χ4n) is 2.36. The van der Waals surface area contributed by atoms with Gasteiger partial charge in [0.2, 0.25) is 5.91 Å². The van der Waals surface area contributed by atoms with Crippen molar-refractivity contribution in [1.29, 1.82) is 0 Å². The number of nitro benzene ring substituents is 1. The molecule has 7 heteroatoms. The van der Waals surface area contributed by atoms with E-state index in [9.17, 15) is 14.9 Å². The predicted octanol–water partition coefficient (Wildman–Crippen LogP) is 4.39. The summed E-state index contributed by atoms with van der Waals surface area (Å²) >= 11 is 0. The minimum atomic E-state index is -0.486. The second kappa shape index (κ2) is 8.39. The first-order valence-electron chi connectivity index (χ1n) is 8.12. The van der Waals surface area contributed by atoms with Gasteiger partial charge in [-0.2, -0.15) is 0 Å². The molecule has 0 aliphatic carbocycles. The number of nitrogens with zero attached hydrogens (tertiary/aromatic N) is 2. The Hall–Kier alpha value is -4.00. The molecule has 7 nitrogen and oxygen atoms in total. The summed E-state index contributed by atoms with van der Waals surface area (Å²) in [5.41, 5.74) is 1.73. The van der Waals surface area contributed by atoms with Crippen LogP contribution in [0.15, 0.2) is 79.0 Å². The van der Waals surface area contributed by atoms with E-state index in [-0.39, 0.29) is 5.69 Å². The number of carbonyl (C=O) groups is 1. The van der Waals surface area contributed by atoms with Crippen molar-refractivity contribution in [3.63, 3.8) is 0 Å². The van der Waals surface area contributed by atoms with Crippen LogP contribution in [-0.4, -0.2) is 15.8 Å². The molecule has 2 N–H and O–H groups in total.